The molecule has 22 heavy (non-hydrogen) atoms. The topological polar surface area (TPSA) is 6.48 Å². The highest BCUT2D eigenvalue weighted by atomic mass is 15.1. The van der Waals surface area contributed by atoms with Gasteiger partial charge in [0.05, 0.1) is 0 Å². The summed E-state index contributed by atoms with van der Waals surface area (Å²) in [6.45, 7) is 10.1. The molecule has 2 fully saturated rings. The van der Waals surface area contributed by atoms with Crippen molar-refractivity contribution >= 4 is 0 Å². The molecule has 0 spiro atoms. The summed E-state index contributed by atoms with van der Waals surface area (Å²) >= 11 is 0. The van der Waals surface area contributed by atoms with E-state index in [0.29, 0.717) is 10.8 Å². The van der Waals surface area contributed by atoms with Crippen LogP contribution < -0.4 is 0 Å². The first-order valence-corrected chi connectivity index (χ1v) is 9.43. The third kappa shape index (κ3) is 5.70. The molecule has 0 unspecified atom stereocenters. The summed E-state index contributed by atoms with van der Waals surface area (Å²) in [6, 6.07) is 0. The Bertz CT molecular complexity index is 345. The molecule has 0 aliphatic carbocycles. The van der Waals surface area contributed by atoms with E-state index in [9.17, 15) is 0 Å². The largest absolute Gasteiger partial charge is 0.306 e. The van der Waals surface area contributed by atoms with E-state index in [1.54, 1.807) is 0 Å². The van der Waals surface area contributed by atoms with E-state index < -0.39 is 0 Å². The normalized spacial score (nSPS) is 26.5. The summed E-state index contributed by atoms with van der Waals surface area (Å²) in [7, 11) is 4.50. The minimum absolute atomic E-state index is 0.558. The van der Waals surface area contributed by atoms with Crippen LogP contribution in [0.1, 0.15) is 65.2 Å². The Morgan fingerprint density at radius 2 is 1.27 bits per heavy atom. The van der Waals surface area contributed by atoms with E-state index in [0.717, 1.165) is 0 Å². The number of nitrogens with zero attached hydrogens (tertiary/aromatic N) is 2. The highest BCUT2D eigenvalue weighted by molar-refractivity contribution is 4.92. The molecule has 128 valence electrons. The van der Waals surface area contributed by atoms with Crippen molar-refractivity contribution in [3.63, 3.8) is 0 Å². The van der Waals surface area contributed by atoms with Gasteiger partial charge in [-0.15, -0.1) is 0 Å². The fourth-order valence-electron chi connectivity index (χ4n) is 3.90. The van der Waals surface area contributed by atoms with Crippen molar-refractivity contribution in [2.45, 2.75) is 65.2 Å². The SMILES string of the molecule is CN1CCC(C)(C/C=C\CCCC2(C)CCN(C)CC2)CC1. The standard InChI is InChI=1S/C20H38N2/c1-19(11-15-21(3)16-12-19)9-7-5-6-8-10-20(2)13-17-22(4)18-14-20/h5,7H,6,8-18H2,1-4H3/b7-5-. The zero-order chi connectivity index (χ0) is 16.1. The van der Waals surface area contributed by atoms with E-state index in [4.69, 9.17) is 0 Å². The van der Waals surface area contributed by atoms with Gasteiger partial charge in [0.1, 0.15) is 0 Å². The second kappa shape index (κ2) is 7.97. The van der Waals surface area contributed by atoms with Crippen molar-refractivity contribution in [3.8, 4) is 0 Å². The fourth-order valence-corrected chi connectivity index (χ4v) is 3.90. The van der Waals surface area contributed by atoms with Gasteiger partial charge in [0.15, 0.2) is 0 Å². The maximum atomic E-state index is 2.50. The van der Waals surface area contributed by atoms with E-state index in [1.165, 1.54) is 77.5 Å². The molecule has 0 saturated carbocycles. The van der Waals surface area contributed by atoms with Crippen LogP contribution in [0.2, 0.25) is 0 Å². The Morgan fingerprint density at radius 3 is 1.82 bits per heavy atom. The molecule has 2 aliphatic heterocycles. The summed E-state index contributed by atoms with van der Waals surface area (Å²) in [4.78, 5) is 4.94. The van der Waals surface area contributed by atoms with E-state index in [-0.39, 0.29) is 0 Å². The third-order valence-corrected chi connectivity index (χ3v) is 6.32. The van der Waals surface area contributed by atoms with Crippen LogP contribution >= 0.6 is 0 Å². The highest BCUT2D eigenvalue weighted by Gasteiger charge is 2.28. The third-order valence-electron chi connectivity index (χ3n) is 6.32. The molecule has 0 aromatic rings. The quantitative estimate of drug-likeness (QED) is 0.524. The van der Waals surface area contributed by atoms with Gasteiger partial charge >= 0.3 is 0 Å². The van der Waals surface area contributed by atoms with Crippen LogP contribution in [-0.4, -0.2) is 50.1 Å². The predicted molar refractivity (Wildman–Crippen MR) is 97.3 cm³/mol. The zero-order valence-corrected chi connectivity index (χ0v) is 15.5. The lowest BCUT2D eigenvalue weighted by molar-refractivity contribution is 0.128. The second-order valence-electron chi connectivity index (χ2n) is 8.80. The van der Waals surface area contributed by atoms with Crippen LogP contribution in [-0.2, 0) is 0 Å². The van der Waals surface area contributed by atoms with E-state index in [1.807, 2.05) is 0 Å². The van der Waals surface area contributed by atoms with Gasteiger partial charge in [-0.05, 0) is 102 Å². The van der Waals surface area contributed by atoms with E-state index in [2.05, 4.69) is 49.9 Å². The molecule has 0 N–H and O–H groups in total. The number of unbranched alkanes of at least 4 members (excludes halogenated alkanes) is 1. The smallest absolute Gasteiger partial charge is 0.00165 e. The molecular weight excluding hydrogens is 268 g/mol. The van der Waals surface area contributed by atoms with Gasteiger partial charge in [0.25, 0.3) is 0 Å². The molecule has 0 aromatic heterocycles. The van der Waals surface area contributed by atoms with E-state index >= 15 is 0 Å². The molecule has 2 heterocycles. The summed E-state index contributed by atoms with van der Waals surface area (Å²) in [5.41, 5.74) is 1.17. The number of hydrogen-bond acceptors (Lipinski definition) is 2. The van der Waals surface area contributed by atoms with Crippen LogP contribution in [0.3, 0.4) is 0 Å². The molecule has 0 atom stereocenters. The Morgan fingerprint density at radius 1 is 0.773 bits per heavy atom. The zero-order valence-electron chi connectivity index (χ0n) is 15.5. The first-order valence-electron chi connectivity index (χ1n) is 9.43. The number of piperidine rings is 2. The average Bonchev–Trinajstić information content (AvgIpc) is 2.50. The first kappa shape index (κ1) is 18.0. The van der Waals surface area contributed by atoms with Gasteiger partial charge in [-0.25, -0.2) is 0 Å². The molecular formula is C20H38N2. The van der Waals surface area contributed by atoms with Crippen molar-refractivity contribution in [2.75, 3.05) is 40.3 Å². The summed E-state index contributed by atoms with van der Waals surface area (Å²) in [5, 5.41) is 0. The molecule has 0 amide bonds. The summed E-state index contributed by atoms with van der Waals surface area (Å²) in [5.74, 6) is 0. The number of likely N-dealkylation sites (tertiary alicyclic amines) is 2. The fraction of sp³-hybridized carbons (Fsp3) is 0.900. The van der Waals surface area contributed by atoms with Crippen molar-refractivity contribution in [2.24, 2.45) is 10.8 Å². The van der Waals surface area contributed by atoms with Gasteiger partial charge < -0.3 is 9.80 Å². The second-order valence-corrected chi connectivity index (χ2v) is 8.80. The van der Waals surface area contributed by atoms with Gasteiger partial charge in [-0.2, -0.15) is 0 Å². The van der Waals surface area contributed by atoms with Crippen LogP contribution in [0.25, 0.3) is 0 Å². The van der Waals surface area contributed by atoms with Crippen molar-refractivity contribution in [3.05, 3.63) is 12.2 Å². The summed E-state index contributed by atoms with van der Waals surface area (Å²) < 4.78 is 0. The van der Waals surface area contributed by atoms with Crippen LogP contribution in [0.15, 0.2) is 12.2 Å². The van der Waals surface area contributed by atoms with Crippen molar-refractivity contribution in [1.29, 1.82) is 0 Å². The van der Waals surface area contributed by atoms with Crippen LogP contribution in [0, 0.1) is 10.8 Å². The lowest BCUT2D eigenvalue weighted by Crippen LogP contribution is -2.36. The molecule has 2 nitrogen and oxygen atoms in total. The average molecular weight is 307 g/mol. The maximum Gasteiger partial charge on any atom is -0.00165 e. The molecule has 2 saturated heterocycles. The number of hydrogen-bond donors (Lipinski definition) is 0. The minimum Gasteiger partial charge on any atom is -0.306 e. The molecule has 0 aromatic carbocycles. The number of rotatable bonds is 6. The Balaban J connectivity index is 1.60. The van der Waals surface area contributed by atoms with Gasteiger partial charge in [0.2, 0.25) is 0 Å². The molecule has 2 aliphatic rings. The van der Waals surface area contributed by atoms with Crippen LogP contribution in [0.5, 0.6) is 0 Å². The van der Waals surface area contributed by atoms with Crippen molar-refractivity contribution < 1.29 is 0 Å². The van der Waals surface area contributed by atoms with Gasteiger partial charge in [0, 0.05) is 0 Å². The van der Waals surface area contributed by atoms with Crippen LogP contribution in [0.4, 0.5) is 0 Å². The molecule has 2 heteroatoms. The molecule has 0 radical (unpaired) electrons. The number of allylic oxidation sites excluding steroid dienone is 2. The maximum absolute atomic E-state index is 2.50. The first-order chi connectivity index (χ1) is 10.4. The minimum atomic E-state index is 0.558. The Hall–Kier alpha value is -0.340. The summed E-state index contributed by atoms with van der Waals surface area (Å²) in [6.07, 6.45) is 15.8. The lowest BCUT2D eigenvalue weighted by atomic mass is 9.76. The van der Waals surface area contributed by atoms with Gasteiger partial charge in [-0.3, -0.25) is 0 Å². The predicted octanol–water partition coefficient (Wildman–Crippen LogP) is 4.57. The Labute approximate surface area is 138 Å². The Kier molecular flexibility index (Phi) is 6.52. The molecule has 2 rings (SSSR count). The molecule has 0 bridgehead atoms. The highest BCUT2D eigenvalue weighted by Crippen LogP contribution is 2.36. The monoisotopic (exact) mass is 306 g/mol. The van der Waals surface area contributed by atoms with Crippen molar-refractivity contribution in [1.82, 2.24) is 9.80 Å². The van der Waals surface area contributed by atoms with Gasteiger partial charge in [-0.1, -0.05) is 26.0 Å². The lowest BCUT2D eigenvalue weighted by Gasteiger charge is -2.38.